The van der Waals surface area contributed by atoms with Crippen molar-refractivity contribution in [1.29, 1.82) is 0 Å². The number of hydrogen-bond donors (Lipinski definition) is 1. The van der Waals surface area contributed by atoms with Gasteiger partial charge in [-0.3, -0.25) is 4.79 Å². The first-order chi connectivity index (χ1) is 4.54. The Bertz CT molecular complexity index is 151. The summed E-state index contributed by atoms with van der Waals surface area (Å²) in [5.74, 6) is -1.08. The van der Waals surface area contributed by atoms with E-state index in [1.54, 1.807) is 0 Å². The summed E-state index contributed by atoms with van der Waals surface area (Å²) in [5, 5.41) is 7.30. The first-order valence-electron chi connectivity index (χ1n) is 2.42. The number of allylic oxidation sites excluding steroid dienone is 1. The van der Waals surface area contributed by atoms with Crippen molar-refractivity contribution in [3.8, 4) is 0 Å². The highest BCUT2D eigenvalue weighted by molar-refractivity contribution is 6.55. The summed E-state index contributed by atoms with van der Waals surface area (Å²) in [6.07, 6.45) is 1.48. The smallest absolute Gasteiger partial charge is 0.321 e. The lowest BCUT2D eigenvalue weighted by molar-refractivity contribution is -0.136. The molecule has 0 aliphatic rings. The Morgan fingerprint density at radius 2 is 2.10 bits per heavy atom. The molecule has 58 valence electrons. The summed E-state index contributed by atoms with van der Waals surface area (Å²) >= 11 is 15.7. The second-order valence-electron chi connectivity index (χ2n) is 1.54. The van der Waals surface area contributed by atoms with E-state index in [-0.39, 0.29) is 10.9 Å². The van der Waals surface area contributed by atoms with E-state index in [2.05, 4.69) is 0 Å². The van der Waals surface area contributed by atoms with Gasteiger partial charge in [-0.25, -0.2) is 0 Å². The van der Waals surface area contributed by atoms with Gasteiger partial charge in [0.15, 0.2) is 0 Å². The van der Waals surface area contributed by atoms with Gasteiger partial charge in [0.1, 0.15) is 9.87 Å². The monoisotopic (exact) mass is 202 g/mol. The highest BCUT2D eigenvalue weighted by Crippen LogP contribution is 2.11. The molecule has 1 unspecified atom stereocenters. The average molecular weight is 203 g/mol. The molecule has 10 heavy (non-hydrogen) atoms. The number of carboxylic acid groups (broad SMARTS) is 1. The van der Waals surface area contributed by atoms with E-state index in [0.29, 0.717) is 0 Å². The first kappa shape index (κ1) is 10.1. The van der Waals surface area contributed by atoms with Crippen LogP contribution in [0.2, 0.25) is 0 Å². The van der Waals surface area contributed by atoms with E-state index in [1.807, 2.05) is 0 Å². The SMILES string of the molecule is O=C(O)C(Cl)CC=C(Cl)Cl. The van der Waals surface area contributed by atoms with Crippen molar-refractivity contribution in [3.63, 3.8) is 0 Å². The number of alkyl halides is 1. The van der Waals surface area contributed by atoms with Crippen molar-refractivity contribution in [3.05, 3.63) is 10.6 Å². The van der Waals surface area contributed by atoms with Crippen LogP contribution in [0, 0.1) is 0 Å². The fourth-order valence-corrected chi connectivity index (χ4v) is 0.561. The summed E-state index contributed by atoms with van der Waals surface area (Å²) in [4.78, 5) is 10.1. The maximum atomic E-state index is 10.1. The van der Waals surface area contributed by atoms with Gasteiger partial charge in [0.2, 0.25) is 0 Å². The van der Waals surface area contributed by atoms with Crippen molar-refractivity contribution >= 4 is 40.8 Å². The van der Waals surface area contributed by atoms with Gasteiger partial charge in [0, 0.05) is 0 Å². The maximum Gasteiger partial charge on any atom is 0.321 e. The van der Waals surface area contributed by atoms with Crippen LogP contribution >= 0.6 is 34.8 Å². The second-order valence-corrected chi connectivity index (χ2v) is 3.07. The van der Waals surface area contributed by atoms with E-state index in [9.17, 15) is 4.79 Å². The largest absolute Gasteiger partial charge is 0.480 e. The molecule has 0 aromatic rings. The lowest BCUT2D eigenvalue weighted by Crippen LogP contribution is -2.11. The molecule has 1 N–H and O–H groups in total. The molecule has 0 bridgehead atoms. The summed E-state index contributed by atoms with van der Waals surface area (Å²) in [7, 11) is 0. The molecule has 0 rings (SSSR count). The molecule has 0 aromatic carbocycles. The van der Waals surface area contributed by atoms with Gasteiger partial charge in [0.25, 0.3) is 0 Å². The zero-order valence-electron chi connectivity index (χ0n) is 4.85. The van der Waals surface area contributed by atoms with Crippen molar-refractivity contribution in [2.75, 3.05) is 0 Å². The minimum absolute atomic E-state index is 0.0342. The summed E-state index contributed by atoms with van der Waals surface area (Å²) in [5.41, 5.74) is 0. The molecule has 2 nitrogen and oxygen atoms in total. The van der Waals surface area contributed by atoms with Gasteiger partial charge < -0.3 is 5.11 Å². The Morgan fingerprint density at radius 1 is 1.60 bits per heavy atom. The zero-order chi connectivity index (χ0) is 8.15. The van der Waals surface area contributed by atoms with Crippen LogP contribution < -0.4 is 0 Å². The van der Waals surface area contributed by atoms with Crippen LogP contribution in [0.25, 0.3) is 0 Å². The Balaban J connectivity index is 3.70. The molecule has 0 saturated heterocycles. The Labute approximate surface area is 73.4 Å². The normalized spacial score (nSPS) is 12.3. The minimum Gasteiger partial charge on any atom is -0.480 e. The van der Waals surface area contributed by atoms with Crippen molar-refractivity contribution in [1.82, 2.24) is 0 Å². The third-order valence-electron chi connectivity index (χ3n) is 0.747. The van der Waals surface area contributed by atoms with Crippen LogP contribution in [-0.4, -0.2) is 16.5 Å². The third kappa shape index (κ3) is 4.91. The molecule has 0 amide bonds. The highest BCUT2D eigenvalue weighted by Gasteiger charge is 2.10. The summed E-state index contributed by atoms with van der Waals surface area (Å²) in [6, 6.07) is 0. The molecule has 0 aromatic heterocycles. The number of carbonyl (C=O) groups is 1. The standard InChI is InChI=1S/C5H5Cl3O2/c6-3(5(9)10)1-2-4(7)8/h2-3H,1H2,(H,9,10). The van der Waals surface area contributed by atoms with E-state index < -0.39 is 11.3 Å². The molecular formula is C5H5Cl3O2. The van der Waals surface area contributed by atoms with Crippen LogP contribution in [0.4, 0.5) is 0 Å². The topological polar surface area (TPSA) is 37.3 Å². The molecule has 0 fully saturated rings. The van der Waals surface area contributed by atoms with Crippen LogP contribution in [-0.2, 0) is 4.79 Å². The molecular weight excluding hydrogens is 198 g/mol. The Kier molecular flexibility index (Phi) is 4.87. The first-order valence-corrected chi connectivity index (χ1v) is 3.61. The lowest BCUT2D eigenvalue weighted by atomic mass is 10.3. The number of rotatable bonds is 3. The number of halogens is 3. The predicted molar refractivity (Wildman–Crippen MR) is 41.7 cm³/mol. The van der Waals surface area contributed by atoms with E-state index >= 15 is 0 Å². The number of hydrogen-bond acceptors (Lipinski definition) is 1. The van der Waals surface area contributed by atoms with Gasteiger partial charge in [-0.05, 0) is 6.42 Å². The molecule has 5 heteroatoms. The summed E-state index contributed by atoms with van der Waals surface area (Å²) < 4.78 is 0.0342. The van der Waals surface area contributed by atoms with Gasteiger partial charge in [-0.2, -0.15) is 0 Å². The van der Waals surface area contributed by atoms with Crippen molar-refractivity contribution in [2.24, 2.45) is 0 Å². The highest BCUT2D eigenvalue weighted by atomic mass is 35.5. The van der Waals surface area contributed by atoms with Gasteiger partial charge in [-0.15, -0.1) is 11.6 Å². The summed E-state index contributed by atoms with van der Waals surface area (Å²) in [6.45, 7) is 0. The third-order valence-corrected chi connectivity index (χ3v) is 1.42. The van der Waals surface area contributed by atoms with Gasteiger partial charge in [-0.1, -0.05) is 29.3 Å². The molecule has 1 atom stereocenters. The van der Waals surface area contributed by atoms with Crippen LogP contribution in [0.15, 0.2) is 10.6 Å². The van der Waals surface area contributed by atoms with E-state index in [1.165, 1.54) is 6.08 Å². The van der Waals surface area contributed by atoms with Gasteiger partial charge in [0.05, 0.1) is 0 Å². The molecule has 0 saturated carbocycles. The maximum absolute atomic E-state index is 10.1. The molecule has 0 spiro atoms. The molecule has 0 radical (unpaired) electrons. The van der Waals surface area contributed by atoms with Crippen molar-refractivity contribution in [2.45, 2.75) is 11.8 Å². The van der Waals surface area contributed by atoms with Crippen LogP contribution in [0.1, 0.15) is 6.42 Å². The zero-order valence-corrected chi connectivity index (χ0v) is 7.12. The fourth-order valence-electron chi connectivity index (χ4n) is 0.293. The van der Waals surface area contributed by atoms with Gasteiger partial charge >= 0.3 is 5.97 Å². The Hall–Kier alpha value is 0.0800. The second kappa shape index (κ2) is 4.83. The molecule has 0 heterocycles. The average Bonchev–Trinajstić information content (AvgIpc) is 1.82. The number of carboxylic acids is 1. The minimum atomic E-state index is -1.08. The Morgan fingerprint density at radius 3 is 2.40 bits per heavy atom. The predicted octanol–water partition coefficient (Wildman–Crippen LogP) is 2.39. The lowest BCUT2D eigenvalue weighted by Gasteiger charge is -1.96. The number of aliphatic carboxylic acids is 1. The molecule has 0 aliphatic heterocycles. The van der Waals surface area contributed by atoms with Crippen LogP contribution in [0.3, 0.4) is 0 Å². The van der Waals surface area contributed by atoms with Crippen molar-refractivity contribution < 1.29 is 9.90 Å². The fraction of sp³-hybridized carbons (Fsp3) is 0.400. The van der Waals surface area contributed by atoms with E-state index in [0.717, 1.165) is 0 Å². The van der Waals surface area contributed by atoms with E-state index in [4.69, 9.17) is 39.9 Å². The molecule has 0 aliphatic carbocycles. The quantitative estimate of drug-likeness (QED) is 0.715. The van der Waals surface area contributed by atoms with Crippen LogP contribution in [0.5, 0.6) is 0 Å².